The summed E-state index contributed by atoms with van der Waals surface area (Å²) in [5, 5.41) is 15.3. The Balaban J connectivity index is 1.52. The van der Waals surface area contributed by atoms with Crippen LogP contribution in [0.15, 0.2) is 79.0 Å². The minimum atomic E-state index is -0.617. The molecule has 3 heterocycles. The highest BCUT2D eigenvalue weighted by molar-refractivity contribution is 6.15. The average molecular weight is 614 g/mol. The van der Waals surface area contributed by atoms with Crippen LogP contribution < -0.4 is 5.32 Å². The van der Waals surface area contributed by atoms with Crippen molar-refractivity contribution in [3.63, 3.8) is 0 Å². The second-order valence-corrected chi connectivity index (χ2v) is 14.8. The Morgan fingerprint density at radius 1 is 0.957 bits per heavy atom. The predicted molar refractivity (Wildman–Crippen MR) is 186 cm³/mol. The van der Waals surface area contributed by atoms with Gasteiger partial charge in [0.1, 0.15) is 17.4 Å². The van der Waals surface area contributed by atoms with Crippen LogP contribution in [0.3, 0.4) is 0 Å². The second kappa shape index (κ2) is 11.3. The van der Waals surface area contributed by atoms with E-state index in [9.17, 15) is 10.1 Å². The number of carbonyl (C=O) groups excluding carboxylic acids is 1. The molecular formula is C39H43N5O2. The Labute approximate surface area is 271 Å². The Kier molecular flexibility index (Phi) is 7.69. The fourth-order valence-electron chi connectivity index (χ4n) is 7.15. The van der Waals surface area contributed by atoms with Gasteiger partial charge in [0, 0.05) is 45.3 Å². The number of anilines is 1. The Hall–Kier alpha value is -4.67. The van der Waals surface area contributed by atoms with Gasteiger partial charge in [-0.1, -0.05) is 30.3 Å². The Morgan fingerprint density at radius 2 is 1.65 bits per heavy atom. The van der Waals surface area contributed by atoms with Crippen LogP contribution in [0.1, 0.15) is 77.4 Å². The maximum Gasteiger partial charge on any atom is 0.340 e. The third-order valence-electron chi connectivity index (χ3n) is 9.43. The van der Waals surface area contributed by atoms with Crippen molar-refractivity contribution in [2.75, 3.05) is 12.4 Å². The van der Waals surface area contributed by atoms with Crippen LogP contribution in [-0.2, 0) is 4.74 Å². The molecule has 0 aliphatic carbocycles. The number of piperidine rings is 1. The molecular weight excluding hydrogens is 570 g/mol. The Bertz CT molecular complexity index is 1970. The van der Waals surface area contributed by atoms with Crippen LogP contribution in [0.4, 0.5) is 5.69 Å². The molecule has 1 fully saturated rings. The molecule has 0 atom stereocenters. The van der Waals surface area contributed by atoms with Crippen molar-refractivity contribution in [3.8, 4) is 22.9 Å². The number of nitrogens with one attached hydrogen (secondary N) is 1. The zero-order chi connectivity index (χ0) is 33.0. The van der Waals surface area contributed by atoms with Crippen molar-refractivity contribution in [3.05, 3.63) is 90.3 Å². The number of rotatable bonds is 5. The molecule has 0 amide bonds. The van der Waals surface area contributed by atoms with Gasteiger partial charge in [0.05, 0.1) is 22.3 Å². The number of fused-ring (bicyclic) bond motifs is 3. The van der Waals surface area contributed by atoms with E-state index in [4.69, 9.17) is 4.74 Å². The van der Waals surface area contributed by atoms with Crippen molar-refractivity contribution < 1.29 is 9.53 Å². The van der Waals surface area contributed by atoms with E-state index in [-0.39, 0.29) is 23.1 Å². The molecule has 2 aromatic heterocycles. The van der Waals surface area contributed by atoms with E-state index >= 15 is 0 Å². The van der Waals surface area contributed by atoms with Crippen molar-refractivity contribution in [1.82, 2.24) is 14.5 Å². The number of ether oxygens (including phenoxy) is 1. The predicted octanol–water partition coefficient (Wildman–Crippen LogP) is 8.74. The third kappa shape index (κ3) is 5.74. The summed E-state index contributed by atoms with van der Waals surface area (Å²) in [4.78, 5) is 20.4. The van der Waals surface area contributed by atoms with Gasteiger partial charge in [-0.25, -0.2) is 9.78 Å². The summed E-state index contributed by atoms with van der Waals surface area (Å²) < 4.78 is 8.15. The van der Waals surface area contributed by atoms with Crippen molar-refractivity contribution in [2.45, 2.75) is 84.0 Å². The topological polar surface area (TPSA) is 83.2 Å². The molecule has 1 saturated heterocycles. The van der Waals surface area contributed by atoms with E-state index < -0.39 is 5.60 Å². The first-order valence-electron chi connectivity index (χ1n) is 16.0. The van der Waals surface area contributed by atoms with E-state index in [2.05, 4.69) is 109 Å². The molecule has 5 aromatic rings. The van der Waals surface area contributed by atoms with Crippen LogP contribution in [0.2, 0.25) is 0 Å². The highest BCUT2D eigenvalue weighted by Crippen LogP contribution is 2.41. The SMILES string of the molecule is CN1C(C)(C)CC(Nc2cc(-n3c4ccccc4c4c(-c5ccc(C#N)nc5)cccc43)ccc2C(=O)OC(C)(C)C)CC1(C)C. The van der Waals surface area contributed by atoms with Gasteiger partial charge in [-0.15, -0.1) is 0 Å². The standard InChI is InChI=1S/C39H43N5O2/c1-37(2,3)46-36(45)30-19-18-28(20-32(30)42-27-21-38(4,5)43(8)39(6,7)22-27)44-33-14-10-9-12-31(33)35-29(13-11-15-34(35)44)25-16-17-26(23-40)41-24-25/h9-20,24,27,42H,21-22H2,1-8H3. The molecule has 1 N–H and O–H groups in total. The third-order valence-corrected chi connectivity index (χ3v) is 9.43. The molecule has 1 aliphatic heterocycles. The number of pyridine rings is 1. The van der Waals surface area contributed by atoms with Crippen LogP contribution >= 0.6 is 0 Å². The van der Waals surface area contributed by atoms with E-state index in [1.54, 1.807) is 12.3 Å². The van der Waals surface area contributed by atoms with Crippen molar-refractivity contribution in [2.24, 2.45) is 0 Å². The lowest BCUT2D eigenvalue weighted by Crippen LogP contribution is -2.61. The van der Waals surface area contributed by atoms with Crippen molar-refractivity contribution >= 4 is 33.5 Å². The minimum absolute atomic E-state index is 0.0212. The lowest BCUT2D eigenvalue weighted by molar-refractivity contribution is -0.00769. The number of para-hydroxylation sites is 1. The monoisotopic (exact) mass is 613 g/mol. The lowest BCUT2D eigenvalue weighted by Gasteiger charge is -2.54. The van der Waals surface area contributed by atoms with Crippen LogP contribution in [-0.4, -0.2) is 50.2 Å². The van der Waals surface area contributed by atoms with Gasteiger partial charge in [0.2, 0.25) is 0 Å². The maximum absolute atomic E-state index is 13.6. The van der Waals surface area contributed by atoms with E-state index in [0.717, 1.165) is 57.1 Å². The molecule has 7 nitrogen and oxygen atoms in total. The summed E-state index contributed by atoms with van der Waals surface area (Å²) in [6, 6.07) is 26.7. The number of benzene rings is 3. The smallest absolute Gasteiger partial charge is 0.340 e. The summed E-state index contributed by atoms with van der Waals surface area (Å²) in [5.41, 5.74) is 6.07. The van der Waals surface area contributed by atoms with Gasteiger partial charge in [-0.3, -0.25) is 4.90 Å². The van der Waals surface area contributed by atoms with E-state index in [1.807, 2.05) is 39.0 Å². The quantitative estimate of drug-likeness (QED) is 0.200. The first-order chi connectivity index (χ1) is 21.7. The molecule has 1 aliphatic rings. The highest BCUT2D eigenvalue weighted by Gasteiger charge is 2.43. The number of carbonyl (C=O) groups is 1. The summed E-state index contributed by atoms with van der Waals surface area (Å²) in [6.45, 7) is 14.8. The normalized spacial score (nSPS) is 16.8. The number of aromatic nitrogens is 2. The lowest BCUT2D eigenvalue weighted by atomic mass is 9.77. The summed E-state index contributed by atoms with van der Waals surface area (Å²) in [6.07, 6.45) is 3.63. The summed E-state index contributed by atoms with van der Waals surface area (Å²) in [7, 11) is 2.20. The number of hydrogen-bond acceptors (Lipinski definition) is 6. The maximum atomic E-state index is 13.6. The van der Waals surface area contributed by atoms with Crippen LogP contribution in [0.5, 0.6) is 0 Å². The molecule has 0 unspecified atom stereocenters. The molecule has 46 heavy (non-hydrogen) atoms. The Morgan fingerprint density at radius 3 is 2.30 bits per heavy atom. The van der Waals surface area contributed by atoms with Crippen LogP contribution in [0, 0.1) is 11.3 Å². The fraction of sp³-hybridized carbons (Fsp3) is 0.359. The van der Waals surface area contributed by atoms with Gasteiger partial charge < -0.3 is 14.6 Å². The molecule has 7 heteroatoms. The van der Waals surface area contributed by atoms with E-state index in [1.165, 1.54) is 0 Å². The second-order valence-electron chi connectivity index (χ2n) is 14.8. The molecule has 0 bridgehead atoms. The zero-order valence-corrected chi connectivity index (χ0v) is 28.1. The zero-order valence-electron chi connectivity index (χ0n) is 28.1. The molecule has 0 saturated carbocycles. The molecule has 6 rings (SSSR count). The highest BCUT2D eigenvalue weighted by atomic mass is 16.6. The molecule has 0 radical (unpaired) electrons. The van der Waals surface area contributed by atoms with Gasteiger partial charge in [0.25, 0.3) is 0 Å². The fourth-order valence-corrected chi connectivity index (χ4v) is 7.15. The van der Waals surface area contributed by atoms with E-state index in [0.29, 0.717) is 11.3 Å². The number of nitrogens with zero attached hydrogens (tertiary/aromatic N) is 4. The van der Waals surface area contributed by atoms with Gasteiger partial charge in [-0.2, -0.15) is 5.26 Å². The van der Waals surface area contributed by atoms with Crippen LogP contribution in [0.25, 0.3) is 38.6 Å². The minimum Gasteiger partial charge on any atom is -0.456 e. The molecule has 0 spiro atoms. The summed E-state index contributed by atoms with van der Waals surface area (Å²) >= 11 is 0. The van der Waals surface area contributed by atoms with Crippen molar-refractivity contribution in [1.29, 1.82) is 5.26 Å². The number of esters is 1. The number of likely N-dealkylation sites (tertiary alicyclic amines) is 1. The average Bonchev–Trinajstić information content (AvgIpc) is 3.33. The molecule has 236 valence electrons. The van der Waals surface area contributed by atoms with Gasteiger partial charge >= 0.3 is 5.97 Å². The van der Waals surface area contributed by atoms with Gasteiger partial charge in [-0.05, 0) is 116 Å². The first kappa shape index (κ1) is 31.3. The number of nitriles is 1. The largest absolute Gasteiger partial charge is 0.456 e. The van der Waals surface area contributed by atoms with Gasteiger partial charge in [0.15, 0.2) is 0 Å². The molecule has 3 aromatic carbocycles. The summed E-state index contributed by atoms with van der Waals surface area (Å²) in [5.74, 6) is -0.342. The number of hydrogen-bond donors (Lipinski definition) is 1. The first-order valence-corrected chi connectivity index (χ1v) is 16.0.